The molecule has 0 amide bonds. The first-order valence-corrected chi connectivity index (χ1v) is 5.62. The molecule has 0 spiro atoms. The molecule has 1 aromatic rings. The van der Waals surface area contributed by atoms with E-state index in [0.29, 0.717) is 6.61 Å². The molecule has 0 saturated heterocycles. The monoisotopic (exact) mass is 224 g/mol. The molecule has 1 unspecified atom stereocenters. The fourth-order valence-corrected chi connectivity index (χ4v) is 1.30. The Hall–Kier alpha value is -1.29. The lowest BCUT2D eigenvalue weighted by Gasteiger charge is -2.25. The Morgan fingerprint density at radius 2 is 2.31 bits per heavy atom. The van der Waals surface area contributed by atoms with Gasteiger partial charge in [-0.25, -0.2) is 4.98 Å². The van der Waals surface area contributed by atoms with Crippen LogP contribution in [0, 0.1) is 0 Å². The quantitative estimate of drug-likeness (QED) is 0.798. The maximum atomic E-state index is 9.12. The van der Waals surface area contributed by atoms with Gasteiger partial charge in [-0.05, 0) is 25.5 Å². The maximum Gasteiger partial charge on any atom is 0.171 e. The molecule has 16 heavy (non-hydrogen) atoms. The van der Waals surface area contributed by atoms with E-state index < -0.39 is 0 Å². The lowest BCUT2D eigenvalue weighted by Crippen LogP contribution is -2.32. The van der Waals surface area contributed by atoms with E-state index >= 15 is 0 Å². The molecule has 4 heteroatoms. The molecule has 0 bridgehead atoms. The molecule has 0 aliphatic heterocycles. The van der Waals surface area contributed by atoms with Crippen molar-refractivity contribution in [3.63, 3.8) is 0 Å². The molecule has 0 fully saturated rings. The van der Waals surface area contributed by atoms with Crippen molar-refractivity contribution in [2.24, 2.45) is 0 Å². The molecule has 0 aliphatic rings. The van der Waals surface area contributed by atoms with Crippen LogP contribution in [-0.4, -0.2) is 36.4 Å². The fraction of sp³-hybridized carbons (Fsp3) is 0.583. The van der Waals surface area contributed by atoms with Crippen molar-refractivity contribution < 1.29 is 9.84 Å². The molecule has 0 aromatic carbocycles. The van der Waals surface area contributed by atoms with Crippen LogP contribution >= 0.6 is 0 Å². The van der Waals surface area contributed by atoms with E-state index in [9.17, 15) is 0 Å². The highest BCUT2D eigenvalue weighted by molar-refractivity contribution is 5.52. The average Bonchev–Trinajstić information content (AvgIpc) is 2.34. The molecule has 0 aliphatic carbocycles. The maximum absolute atomic E-state index is 9.12. The van der Waals surface area contributed by atoms with Crippen molar-refractivity contribution in [3.05, 3.63) is 18.3 Å². The number of ether oxygens (including phenoxy) is 1. The first kappa shape index (κ1) is 12.8. The van der Waals surface area contributed by atoms with Gasteiger partial charge in [0.25, 0.3) is 0 Å². The molecule has 90 valence electrons. The van der Waals surface area contributed by atoms with Crippen LogP contribution in [0.1, 0.15) is 20.3 Å². The Bertz CT molecular complexity index is 318. The number of aromatic nitrogens is 1. The van der Waals surface area contributed by atoms with Crippen LogP contribution in [0.25, 0.3) is 0 Å². The molecular formula is C12H20N2O2. The molecule has 0 saturated carbocycles. The third-order valence-electron chi connectivity index (χ3n) is 2.47. The van der Waals surface area contributed by atoms with Gasteiger partial charge in [-0.1, -0.05) is 6.92 Å². The van der Waals surface area contributed by atoms with Gasteiger partial charge in [-0.15, -0.1) is 0 Å². The number of pyridine rings is 1. The van der Waals surface area contributed by atoms with Crippen molar-refractivity contribution in [1.82, 2.24) is 4.98 Å². The zero-order chi connectivity index (χ0) is 12.0. The smallest absolute Gasteiger partial charge is 0.171 e. The second-order valence-electron chi connectivity index (χ2n) is 3.82. The van der Waals surface area contributed by atoms with Gasteiger partial charge < -0.3 is 14.7 Å². The summed E-state index contributed by atoms with van der Waals surface area (Å²) in [4.78, 5) is 6.21. The number of hydrogen-bond donors (Lipinski definition) is 1. The minimum atomic E-state index is 0.0267. The van der Waals surface area contributed by atoms with Gasteiger partial charge in [0, 0.05) is 13.2 Å². The van der Waals surface area contributed by atoms with Gasteiger partial charge in [0.2, 0.25) is 0 Å². The van der Waals surface area contributed by atoms with Gasteiger partial charge in [-0.3, -0.25) is 0 Å². The van der Waals surface area contributed by atoms with Crippen molar-refractivity contribution >= 4 is 5.82 Å². The largest absolute Gasteiger partial charge is 0.490 e. The van der Waals surface area contributed by atoms with Crippen molar-refractivity contribution in [3.8, 4) is 5.75 Å². The average molecular weight is 224 g/mol. The van der Waals surface area contributed by atoms with Crippen molar-refractivity contribution in [2.45, 2.75) is 26.3 Å². The van der Waals surface area contributed by atoms with E-state index in [-0.39, 0.29) is 12.6 Å². The van der Waals surface area contributed by atoms with Gasteiger partial charge in [0.15, 0.2) is 11.6 Å². The number of nitrogens with zero attached hydrogens (tertiary/aromatic N) is 2. The molecule has 0 radical (unpaired) electrons. The van der Waals surface area contributed by atoms with Crippen LogP contribution in [0.5, 0.6) is 5.75 Å². The second kappa shape index (κ2) is 6.33. The lowest BCUT2D eigenvalue weighted by atomic mass is 10.3. The Morgan fingerprint density at radius 1 is 1.56 bits per heavy atom. The summed E-state index contributed by atoms with van der Waals surface area (Å²) in [5.41, 5.74) is 0. The first-order valence-electron chi connectivity index (χ1n) is 5.62. The minimum absolute atomic E-state index is 0.0267. The number of rotatable bonds is 6. The van der Waals surface area contributed by atoms with Crippen LogP contribution in [0.2, 0.25) is 0 Å². The third-order valence-corrected chi connectivity index (χ3v) is 2.47. The highest BCUT2D eigenvalue weighted by Crippen LogP contribution is 2.25. The zero-order valence-electron chi connectivity index (χ0n) is 10.2. The molecule has 4 nitrogen and oxygen atoms in total. The summed E-state index contributed by atoms with van der Waals surface area (Å²) in [6.45, 7) is 4.79. The van der Waals surface area contributed by atoms with E-state index in [2.05, 4.69) is 11.9 Å². The summed E-state index contributed by atoms with van der Waals surface area (Å²) in [6, 6.07) is 3.78. The summed E-state index contributed by atoms with van der Waals surface area (Å²) in [5, 5.41) is 9.12. The lowest BCUT2D eigenvalue weighted by molar-refractivity contribution is 0.268. The van der Waals surface area contributed by atoms with Gasteiger partial charge in [-0.2, -0.15) is 0 Å². The highest BCUT2D eigenvalue weighted by Gasteiger charge is 2.14. The molecule has 1 N–H and O–H groups in total. The van der Waals surface area contributed by atoms with Crippen molar-refractivity contribution in [1.29, 1.82) is 0 Å². The molecule has 1 heterocycles. The zero-order valence-corrected chi connectivity index (χ0v) is 10.2. The van der Waals surface area contributed by atoms with Gasteiger partial charge in [0.1, 0.15) is 0 Å². The Kier molecular flexibility index (Phi) is 5.05. The van der Waals surface area contributed by atoms with E-state index in [1.165, 1.54) is 0 Å². The summed E-state index contributed by atoms with van der Waals surface area (Å²) < 4.78 is 5.62. The van der Waals surface area contributed by atoms with Crippen LogP contribution in [0.3, 0.4) is 0 Å². The summed E-state index contributed by atoms with van der Waals surface area (Å²) >= 11 is 0. The summed E-state index contributed by atoms with van der Waals surface area (Å²) in [7, 11) is 1.90. The molecule has 1 aromatic heterocycles. The highest BCUT2D eigenvalue weighted by atomic mass is 16.5. The number of likely N-dealkylation sites (N-methyl/N-ethyl adjacent to an activating group) is 1. The summed E-state index contributed by atoms with van der Waals surface area (Å²) in [6.07, 6.45) is 2.70. The Morgan fingerprint density at radius 3 is 2.94 bits per heavy atom. The predicted octanol–water partition coefficient (Wildman–Crippen LogP) is 1.69. The van der Waals surface area contributed by atoms with Crippen molar-refractivity contribution in [2.75, 3.05) is 25.2 Å². The number of aliphatic hydroxyl groups is 1. The third kappa shape index (κ3) is 3.10. The SMILES string of the molecule is CCCOc1cccnc1N(C)C(C)CO. The number of hydrogen-bond acceptors (Lipinski definition) is 4. The Balaban J connectivity index is 2.84. The molecule has 1 atom stereocenters. The topological polar surface area (TPSA) is 45.6 Å². The van der Waals surface area contributed by atoms with E-state index in [4.69, 9.17) is 9.84 Å². The van der Waals surface area contributed by atoms with Gasteiger partial charge in [0.05, 0.1) is 19.3 Å². The van der Waals surface area contributed by atoms with Crippen LogP contribution in [0.4, 0.5) is 5.82 Å². The molecule has 1 rings (SSSR count). The number of aliphatic hydroxyl groups excluding tert-OH is 1. The van der Waals surface area contributed by atoms with Crippen LogP contribution in [-0.2, 0) is 0 Å². The normalized spacial score (nSPS) is 12.2. The fourth-order valence-electron chi connectivity index (χ4n) is 1.30. The van der Waals surface area contributed by atoms with E-state index in [1.54, 1.807) is 6.20 Å². The van der Waals surface area contributed by atoms with Crippen LogP contribution < -0.4 is 9.64 Å². The van der Waals surface area contributed by atoms with Crippen LogP contribution in [0.15, 0.2) is 18.3 Å². The first-order chi connectivity index (χ1) is 7.70. The number of anilines is 1. The summed E-state index contributed by atoms with van der Waals surface area (Å²) in [5.74, 6) is 1.55. The molecular weight excluding hydrogens is 204 g/mol. The van der Waals surface area contributed by atoms with Gasteiger partial charge >= 0.3 is 0 Å². The van der Waals surface area contributed by atoms with E-state index in [0.717, 1.165) is 18.0 Å². The van der Waals surface area contributed by atoms with E-state index in [1.807, 2.05) is 31.0 Å². The minimum Gasteiger partial charge on any atom is -0.490 e. The predicted molar refractivity (Wildman–Crippen MR) is 65.0 cm³/mol. The standard InChI is InChI=1S/C12H20N2O2/c1-4-8-16-11-6-5-7-13-12(11)14(3)10(2)9-15/h5-7,10,15H,4,8-9H2,1-3H3. The second-order valence-corrected chi connectivity index (χ2v) is 3.82. The Labute approximate surface area is 96.9 Å².